The van der Waals surface area contributed by atoms with E-state index in [1.54, 1.807) is 30.3 Å². The van der Waals surface area contributed by atoms with Crippen LogP contribution in [0.2, 0.25) is 0 Å². The normalized spacial score (nSPS) is 9.94. The first-order chi connectivity index (χ1) is 15.0. The van der Waals surface area contributed by atoms with Crippen LogP contribution in [0, 0.1) is 10.1 Å². The maximum atomic E-state index is 12.1. The Kier molecular flexibility index (Phi) is 6.82. The molecular formula is C18H16N8O5. The highest BCUT2D eigenvalue weighted by atomic mass is 16.6. The summed E-state index contributed by atoms with van der Waals surface area (Å²) in [5, 5.41) is 11.5. The summed E-state index contributed by atoms with van der Waals surface area (Å²) in [5.74, 6) is -1.26. The molecule has 158 valence electrons. The number of nitro groups is 1. The Morgan fingerprint density at radius 2 is 1.61 bits per heavy atom. The quantitative estimate of drug-likeness (QED) is 0.287. The molecule has 0 bridgehead atoms. The van der Waals surface area contributed by atoms with Crippen molar-refractivity contribution in [1.29, 1.82) is 0 Å². The van der Waals surface area contributed by atoms with Gasteiger partial charge in [0.25, 0.3) is 11.8 Å². The highest BCUT2D eigenvalue weighted by molar-refractivity contribution is 5.94. The first-order valence-electron chi connectivity index (χ1n) is 8.73. The van der Waals surface area contributed by atoms with E-state index < -0.39 is 22.4 Å². The Morgan fingerprint density at radius 3 is 2.26 bits per heavy atom. The first-order valence-corrected chi connectivity index (χ1v) is 8.73. The van der Waals surface area contributed by atoms with Crippen LogP contribution in [-0.4, -0.2) is 38.3 Å². The molecule has 0 aliphatic carbocycles. The zero-order valence-corrected chi connectivity index (χ0v) is 15.8. The van der Waals surface area contributed by atoms with Crippen molar-refractivity contribution in [3.63, 3.8) is 0 Å². The number of rotatable bonds is 9. The van der Waals surface area contributed by atoms with Gasteiger partial charge < -0.3 is 4.74 Å². The van der Waals surface area contributed by atoms with Gasteiger partial charge >= 0.3 is 5.69 Å². The van der Waals surface area contributed by atoms with E-state index in [0.717, 1.165) is 6.33 Å². The van der Waals surface area contributed by atoms with Crippen LogP contribution in [0.3, 0.4) is 0 Å². The lowest BCUT2D eigenvalue weighted by atomic mass is 10.3. The Morgan fingerprint density at radius 1 is 0.968 bits per heavy atom. The van der Waals surface area contributed by atoms with E-state index in [9.17, 15) is 19.7 Å². The molecule has 0 atom stereocenters. The van der Waals surface area contributed by atoms with Gasteiger partial charge in [-0.05, 0) is 24.3 Å². The van der Waals surface area contributed by atoms with Gasteiger partial charge in [-0.1, -0.05) is 18.2 Å². The number of hydrogen-bond acceptors (Lipinski definition) is 10. The van der Waals surface area contributed by atoms with Crippen molar-refractivity contribution >= 4 is 29.1 Å². The molecule has 0 spiro atoms. The van der Waals surface area contributed by atoms with Gasteiger partial charge in [0.1, 0.15) is 12.1 Å². The molecule has 2 amide bonds. The van der Waals surface area contributed by atoms with Crippen LogP contribution in [0.1, 0.15) is 10.4 Å². The molecule has 0 fully saturated rings. The van der Waals surface area contributed by atoms with Crippen molar-refractivity contribution in [1.82, 2.24) is 25.8 Å². The van der Waals surface area contributed by atoms with Gasteiger partial charge in [0, 0.05) is 18.0 Å². The monoisotopic (exact) mass is 424 g/mol. The summed E-state index contributed by atoms with van der Waals surface area (Å²) in [4.78, 5) is 46.1. The number of carbonyl (C=O) groups is 2. The lowest BCUT2D eigenvalue weighted by molar-refractivity contribution is -0.383. The van der Waals surface area contributed by atoms with Crippen molar-refractivity contribution < 1.29 is 19.2 Å². The summed E-state index contributed by atoms with van der Waals surface area (Å²) in [7, 11) is 0. The van der Waals surface area contributed by atoms with E-state index in [2.05, 4.69) is 36.7 Å². The fourth-order valence-corrected chi connectivity index (χ4v) is 2.26. The number of hydrogen-bond donors (Lipinski definition) is 4. The third-order valence-corrected chi connectivity index (χ3v) is 3.68. The minimum atomic E-state index is -0.768. The van der Waals surface area contributed by atoms with E-state index in [1.165, 1.54) is 24.5 Å². The van der Waals surface area contributed by atoms with E-state index >= 15 is 0 Å². The predicted molar refractivity (Wildman–Crippen MR) is 108 cm³/mol. The average Bonchev–Trinajstić information content (AvgIpc) is 2.80. The average molecular weight is 424 g/mol. The molecule has 13 heteroatoms. The molecule has 31 heavy (non-hydrogen) atoms. The zero-order valence-electron chi connectivity index (χ0n) is 15.8. The first kappa shape index (κ1) is 20.9. The molecule has 2 aromatic heterocycles. The molecule has 0 aliphatic heterocycles. The third kappa shape index (κ3) is 5.83. The maximum absolute atomic E-state index is 12.1. The van der Waals surface area contributed by atoms with Crippen molar-refractivity contribution in [2.75, 3.05) is 17.5 Å². The smallest absolute Gasteiger partial charge is 0.356 e. The minimum Gasteiger partial charge on any atom is -0.484 e. The lowest BCUT2D eigenvalue weighted by Crippen LogP contribution is -2.34. The molecule has 13 nitrogen and oxygen atoms in total. The molecule has 3 aromatic rings. The van der Waals surface area contributed by atoms with E-state index in [4.69, 9.17) is 4.74 Å². The predicted octanol–water partition coefficient (Wildman–Crippen LogP) is 1.06. The molecule has 3 rings (SSSR count). The van der Waals surface area contributed by atoms with Gasteiger partial charge in [-0.2, -0.15) is 0 Å². The van der Waals surface area contributed by atoms with Gasteiger partial charge in [-0.15, -0.1) is 0 Å². The fourth-order valence-electron chi connectivity index (χ4n) is 2.26. The van der Waals surface area contributed by atoms with Crippen LogP contribution in [0.5, 0.6) is 5.75 Å². The van der Waals surface area contributed by atoms with Crippen molar-refractivity contribution in [3.05, 3.63) is 76.9 Å². The lowest BCUT2D eigenvalue weighted by Gasteiger charge is -2.12. The number of nitrogens with one attached hydrogen (secondary N) is 4. The number of carbonyl (C=O) groups excluding carboxylic acids is 2. The highest BCUT2D eigenvalue weighted by Gasteiger charge is 2.24. The number of benzene rings is 1. The van der Waals surface area contributed by atoms with Gasteiger partial charge in [-0.3, -0.25) is 46.4 Å². The van der Waals surface area contributed by atoms with Crippen molar-refractivity contribution in [2.24, 2.45) is 0 Å². The van der Waals surface area contributed by atoms with Gasteiger partial charge in [0.2, 0.25) is 11.6 Å². The number of amides is 2. The number of anilines is 2. The molecule has 2 heterocycles. The Bertz CT molecular complexity index is 1070. The summed E-state index contributed by atoms with van der Waals surface area (Å²) in [6, 6.07) is 11.6. The molecule has 0 radical (unpaired) electrons. The SMILES string of the molecule is O=C(COc1ccccc1)NNc1ncnc(NNC(=O)c2ccncc2)c1[N+](=O)[O-]. The number of nitrogens with zero attached hydrogens (tertiary/aromatic N) is 4. The van der Waals surface area contributed by atoms with Crippen LogP contribution in [-0.2, 0) is 4.79 Å². The van der Waals surface area contributed by atoms with Crippen LogP contribution in [0.15, 0.2) is 61.2 Å². The van der Waals surface area contributed by atoms with Crippen molar-refractivity contribution in [2.45, 2.75) is 0 Å². The second-order valence-corrected chi connectivity index (χ2v) is 5.77. The summed E-state index contributed by atoms with van der Waals surface area (Å²) in [6.45, 7) is -0.330. The Labute approximate surface area is 175 Å². The Balaban J connectivity index is 1.62. The topological polar surface area (TPSA) is 173 Å². The standard InChI is InChI=1S/C18H16N8O5/c27-14(10-31-13-4-2-1-3-5-13)22-23-16-15(26(29)30)17(21-11-20-16)24-25-18(28)12-6-8-19-9-7-12/h1-9,11H,10H2,(H,22,27)(H,25,28)(H2,20,21,23,24). The zero-order chi connectivity index (χ0) is 22.1. The summed E-state index contributed by atoms with van der Waals surface area (Å²) in [5.41, 5.74) is 8.97. The molecule has 1 aromatic carbocycles. The summed E-state index contributed by atoms with van der Waals surface area (Å²) in [6.07, 6.45) is 3.87. The molecular weight excluding hydrogens is 408 g/mol. The van der Waals surface area contributed by atoms with Crippen LogP contribution in [0.4, 0.5) is 17.3 Å². The van der Waals surface area contributed by atoms with E-state index in [1.807, 2.05) is 0 Å². The van der Waals surface area contributed by atoms with E-state index in [-0.39, 0.29) is 23.8 Å². The van der Waals surface area contributed by atoms with Crippen LogP contribution < -0.4 is 26.4 Å². The largest absolute Gasteiger partial charge is 0.484 e. The van der Waals surface area contributed by atoms with E-state index in [0.29, 0.717) is 5.75 Å². The highest BCUT2D eigenvalue weighted by Crippen LogP contribution is 2.27. The third-order valence-electron chi connectivity index (χ3n) is 3.68. The van der Waals surface area contributed by atoms with Crippen molar-refractivity contribution in [3.8, 4) is 5.75 Å². The maximum Gasteiger partial charge on any atom is 0.356 e. The van der Waals surface area contributed by atoms with Crippen LogP contribution >= 0.6 is 0 Å². The summed E-state index contributed by atoms with van der Waals surface area (Å²) >= 11 is 0. The van der Waals surface area contributed by atoms with Gasteiger partial charge in [0.15, 0.2) is 6.61 Å². The molecule has 0 saturated heterocycles. The number of aromatic nitrogens is 3. The minimum absolute atomic E-state index is 0.281. The Hall–Kier alpha value is -4.81. The number of para-hydroxylation sites is 1. The number of hydrazine groups is 2. The summed E-state index contributed by atoms with van der Waals surface area (Å²) < 4.78 is 5.28. The van der Waals surface area contributed by atoms with Crippen LogP contribution in [0.25, 0.3) is 0 Å². The molecule has 0 unspecified atom stereocenters. The second kappa shape index (κ2) is 10.1. The molecule has 0 saturated carbocycles. The van der Waals surface area contributed by atoms with Gasteiger partial charge in [-0.25, -0.2) is 9.97 Å². The molecule has 4 N–H and O–H groups in total. The number of ether oxygens (including phenoxy) is 1. The molecule has 0 aliphatic rings. The van der Waals surface area contributed by atoms with Gasteiger partial charge in [0.05, 0.1) is 4.92 Å². The number of pyridine rings is 1. The fraction of sp³-hybridized carbons (Fsp3) is 0.0556. The second-order valence-electron chi connectivity index (χ2n) is 5.77.